The fourth-order valence-electron chi connectivity index (χ4n) is 2.90. The number of hydroxylamine groups is 1. The second kappa shape index (κ2) is 9.96. The first-order chi connectivity index (χ1) is 13.4. The molecule has 6 nitrogen and oxygen atoms in total. The molecule has 0 saturated carbocycles. The van der Waals surface area contributed by atoms with Gasteiger partial charge in [0.1, 0.15) is 0 Å². The van der Waals surface area contributed by atoms with E-state index < -0.39 is 15.7 Å². The Hall–Kier alpha value is -2.77. The van der Waals surface area contributed by atoms with Crippen molar-refractivity contribution in [1.29, 1.82) is 5.41 Å². The molecule has 0 aliphatic carbocycles. The Morgan fingerprint density at radius 1 is 1.14 bits per heavy atom. The maximum Gasteiger partial charge on any atom is 0.267 e. The molecular weight excluding hydrogens is 376 g/mol. The Morgan fingerprint density at radius 3 is 2.36 bits per heavy atom. The van der Waals surface area contributed by atoms with E-state index in [2.05, 4.69) is 0 Å². The fourth-order valence-corrected chi connectivity index (χ4v) is 4.19. The Kier molecular flexibility index (Phi) is 7.66. The van der Waals surface area contributed by atoms with Crippen LogP contribution in [-0.4, -0.2) is 31.0 Å². The number of sulfone groups is 1. The molecule has 0 radical (unpaired) electrons. The number of amides is 1. The zero-order chi connectivity index (χ0) is 20.6. The smallest absolute Gasteiger partial charge is 0.267 e. The normalized spacial score (nSPS) is 12.6. The van der Waals surface area contributed by atoms with Crippen molar-refractivity contribution in [2.45, 2.75) is 30.6 Å². The summed E-state index contributed by atoms with van der Waals surface area (Å²) in [7, 11) is -3.41. The lowest BCUT2D eigenvalue weighted by molar-refractivity contribution is -0.124. The predicted molar refractivity (Wildman–Crippen MR) is 109 cm³/mol. The monoisotopic (exact) mass is 400 g/mol. The number of hydrogen-bond acceptors (Lipinski definition) is 5. The van der Waals surface area contributed by atoms with E-state index in [1.54, 1.807) is 36.4 Å². The molecule has 0 aliphatic heterocycles. The zero-order valence-electron chi connectivity index (χ0n) is 15.6. The summed E-state index contributed by atoms with van der Waals surface area (Å²) in [4.78, 5) is 11.3. The molecule has 1 atom stereocenters. The molecule has 0 spiro atoms. The number of carbonyl (C=O) groups excluding carboxylic acids is 1. The number of nitrogens with one attached hydrogen (secondary N) is 2. The fraction of sp³-hybridized carbons (Fsp3) is 0.238. The van der Waals surface area contributed by atoms with Crippen LogP contribution in [0.1, 0.15) is 36.8 Å². The average Bonchev–Trinajstić information content (AvgIpc) is 2.72. The summed E-state index contributed by atoms with van der Waals surface area (Å²) in [5.74, 6) is -0.870. The average molecular weight is 401 g/mol. The molecule has 7 heteroatoms. The van der Waals surface area contributed by atoms with E-state index in [4.69, 9.17) is 10.6 Å². The molecule has 3 N–H and O–H groups in total. The van der Waals surface area contributed by atoms with Crippen LogP contribution in [0.2, 0.25) is 0 Å². The minimum Gasteiger partial charge on any atom is -0.309 e. The van der Waals surface area contributed by atoms with Crippen molar-refractivity contribution in [2.75, 3.05) is 5.75 Å². The van der Waals surface area contributed by atoms with E-state index in [9.17, 15) is 13.2 Å². The Bertz CT molecular complexity index is 936. The van der Waals surface area contributed by atoms with Gasteiger partial charge < -0.3 is 5.41 Å². The predicted octanol–water partition coefficient (Wildman–Crippen LogP) is 3.58. The first-order valence-electron chi connectivity index (χ1n) is 8.94. The lowest BCUT2D eigenvalue weighted by Crippen LogP contribution is -2.16. The van der Waals surface area contributed by atoms with Gasteiger partial charge in [0.15, 0.2) is 9.84 Å². The molecule has 0 bridgehead atoms. The standard InChI is InChI=1S/C21H24N2O4S/c1-2-19(17-11-8-16(9-12-17)10-13-21(24)23-25)20(22)14-15-28(26,27)18-6-4-3-5-7-18/h3-13,19,22,25H,2,14-15H2,1H3,(H,23,24)/b13-10+,22-20?/t19-/m0/s1. The molecule has 28 heavy (non-hydrogen) atoms. The molecule has 1 amide bonds. The van der Waals surface area contributed by atoms with Gasteiger partial charge in [-0.2, -0.15) is 0 Å². The summed E-state index contributed by atoms with van der Waals surface area (Å²) in [5.41, 5.74) is 3.61. The van der Waals surface area contributed by atoms with Crippen LogP contribution in [0.15, 0.2) is 65.6 Å². The highest BCUT2D eigenvalue weighted by molar-refractivity contribution is 7.91. The van der Waals surface area contributed by atoms with Gasteiger partial charge in [0.25, 0.3) is 5.91 Å². The molecule has 2 aromatic carbocycles. The van der Waals surface area contributed by atoms with Gasteiger partial charge in [-0.1, -0.05) is 49.4 Å². The van der Waals surface area contributed by atoms with E-state index in [1.165, 1.54) is 11.6 Å². The van der Waals surface area contributed by atoms with E-state index in [0.29, 0.717) is 12.1 Å². The van der Waals surface area contributed by atoms with Crippen molar-refractivity contribution in [3.8, 4) is 0 Å². The number of carbonyl (C=O) groups is 1. The maximum atomic E-state index is 12.4. The largest absolute Gasteiger partial charge is 0.309 e. The minimum atomic E-state index is -3.41. The van der Waals surface area contributed by atoms with Crippen LogP contribution >= 0.6 is 0 Å². The molecule has 2 aromatic rings. The zero-order valence-corrected chi connectivity index (χ0v) is 16.4. The third-order valence-corrected chi connectivity index (χ3v) is 6.18. The summed E-state index contributed by atoms with van der Waals surface area (Å²) >= 11 is 0. The summed E-state index contributed by atoms with van der Waals surface area (Å²) in [6.45, 7) is 1.96. The van der Waals surface area contributed by atoms with Crippen molar-refractivity contribution in [1.82, 2.24) is 5.48 Å². The maximum absolute atomic E-state index is 12.4. The molecule has 0 saturated heterocycles. The lowest BCUT2D eigenvalue weighted by Gasteiger charge is -2.17. The third kappa shape index (κ3) is 5.87. The molecule has 0 aliphatic rings. The van der Waals surface area contributed by atoms with E-state index >= 15 is 0 Å². The molecule has 148 valence electrons. The highest BCUT2D eigenvalue weighted by Gasteiger charge is 2.19. The van der Waals surface area contributed by atoms with Gasteiger partial charge in [-0.05, 0) is 42.2 Å². The SMILES string of the molecule is CC[C@H](C(=N)CCS(=O)(=O)c1ccccc1)c1ccc(/C=C/C(=O)NO)cc1. The molecule has 0 fully saturated rings. The second-order valence-corrected chi connectivity index (χ2v) is 8.45. The number of hydrogen-bond donors (Lipinski definition) is 3. The summed E-state index contributed by atoms with van der Waals surface area (Å²) in [5, 5.41) is 16.9. The van der Waals surface area contributed by atoms with Crippen LogP contribution in [0.25, 0.3) is 6.08 Å². The summed E-state index contributed by atoms with van der Waals surface area (Å²) in [6, 6.07) is 15.6. The lowest BCUT2D eigenvalue weighted by atomic mass is 9.90. The number of benzene rings is 2. The van der Waals surface area contributed by atoms with Crippen LogP contribution in [0, 0.1) is 5.41 Å². The minimum absolute atomic E-state index is 0.0938. The first kappa shape index (κ1) is 21.5. The van der Waals surface area contributed by atoms with Crippen LogP contribution < -0.4 is 5.48 Å². The Balaban J connectivity index is 2.05. The first-order valence-corrected chi connectivity index (χ1v) is 10.6. The van der Waals surface area contributed by atoms with Gasteiger partial charge >= 0.3 is 0 Å². The topological polar surface area (TPSA) is 107 Å². The van der Waals surface area contributed by atoms with Gasteiger partial charge in [0, 0.05) is 17.7 Å². The van der Waals surface area contributed by atoms with Crippen LogP contribution in [0.3, 0.4) is 0 Å². The van der Waals surface area contributed by atoms with Gasteiger partial charge in [-0.3, -0.25) is 10.0 Å². The van der Waals surface area contributed by atoms with E-state index in [1.807, 2.05) is 31.2 Å². The van der Waals surface area contributed by atoms with Crippen LogP contribution in [-0.2, 0) is 14.6 Å². The van der Waals surface area contributed by atoms with Crippen molar-refractivity contribution < 1.29 is 18.4 Å². The number of rotatable bonds is 9. The Morgan fingerprint density at radius 2 is 1.79 bits per heavy atom. The van der Waals surface area contributed by atoms with Crippen LogP contribution in [0.5, 0.6) is 0 Å². The van der Waals surface area contributed by atoms with Gasteiger partial charge in [-0.15, -0.1) is 0 Å². The molecule has 0 heterocycles. The van der Waals surface area contributed by atoms with Gasteiger partial charge in [0.05, 0.1) is 10.6 Å². The summed E-state index contributed by atoms with van der Waals surface area (Å²) in [6.07, 6.45) is 3.64. The van der Waals surface area contributed by atoms with Crippen molar-refractivity contribution >= 4 is 27.5 Å². The van der Waals surface area contributed by atoms with E-state index in [-0.39, 0.29) is 23.0 Å². The van der Waals surface area contributed by atoms with Crippen molar-refractivity contribution in [2.24, 2.45) is 0 Å². The van der Waals surface area contributed by atoms with Crippen molar-refractivity contribution in [3.05, 3.63) is 71.8 Å². The second-order valence-electron chi connectivity index (χ2n) is 6.34. The third-order valence-electron chi connectivity index (χ3n) is 4.45. The van der Waals surface area contributed by atoms with Gasteiger partial charge in [-0.25, -0.2) is 13.9 Å². The molecular formula is C21H24N2O4S. The molecule has 0 aromatic heterocycles. The quantitative estimate of drug-likeness (QED) is 0.259. The van der Waals surface area contributed by atoms with E-state index in [0.717, 1.165) is 11.1 Å². The highest BCUT2D eigenvalue weighted by Crippen LogP contribution is 2.24. The van der Waals surface area contributed by atoms with Gasteiger partial charge in [0.2, 0.25) is 0 Å². The van der Waals surface area contributed by atoms with Crippen molar-refractivity contribution in [3.63, 3.8) is 0 Å². The molecule has 0 unspecified atom stereocenters. The summed E-state index contributed by atoms with van der Waals surface area (Å²) < 4.78 is 24.9. The highest BCUT2D eigenvalue weighted by atomic mass is 32.2. The molecule has 2 rings (SSSR count). The van der Waals surface area contributed by atoms with Crippen LogP contribution in [0.4, 0.5) is 0 Å². The Labute approximate surface area is 165 Å².